The lowest BCUT2D eigenvalue weighted by Crippen LogP contribution is -2.39. The Morgan fingerprint density at radius 2 is 1.94 bits per heavy atom. The zero-order valence-electron chi connectivity index (χ0n) is 19.4. The second-order valence-electron chi connectivity index (χ2n) is 8.72. The molecular weight excluding hydrogens is 418 g/mol. The summed E-state index contributed by atoms with van der Waals surface area (Å²) in [6.07, 6.45) is 5.19. The van der Waals surface area contributed by atoms with E-state index in [1.54, 1.807) is 37.3 Å². The van der Waals surface area contributed by atoms with Crippen LogP contribution < -0.4 is 5.32 Å². The second kappa shape index (κ2) is 11.6. The quantitative estimate of drug-likeness (QED) is 0.450. The summed E-state index contributed by atoms with van der Waals surface area (Å²) < 4.78 is 0. The van der Waals surface area contributed by atoms with Crippen LogP contribution in [0.1, 0.15) is 64.4 Å². The van der Waals surface area contributed by atoms with Crippen molar-refractivity contribution in [1.82, 2.24) is 15.1 Å². The lowest BCUT2D eigenvalue weighted by Gasteiger charge is -2.33. The van der Waals surface area contributed by atoms with Crippen LogP contribution in [0.2, 0.25) is 0 Å². The van der Waals surface area contributed by atoms with Crippen LogP contribution >= 0.6 is 0 Å². The van der Waals surface area contributed by atoms with Crippen molar-refractivity contribution in [2.75, 3.05) is 19.6 Å². The molecule has 3 rings (SSSR count). The number of likely N-dealkylation sites (tertiary alicyclic amines) is 1. The summed E-state index contributed by atoms with van der Waals surface area (Å²) in [6, 6.07) is 11.8. The van der Waals surface area contributed by atoms with E-state index in [0.29, 0.717) is 35.7 Å². The Bertz CT molecular complexity index is 974. The summed E-state index contributed by atoms with van der Waals surface area (Å²) >= 11 is 0. The maximum Gasteiger partial charge on any atom is 0.260 e. The first kappa shape index (κ1) is 24.5. The Kier molecular flexibility index (Phi) is 8.60. The first-order valence-corrected chi connectivity index (χ1v) is 11.6. The van der Waals surface area contributed by atoms with Crippen molar-refractivity contribution >= 4 is 18.2 Å². The van der Waals surface area contributed by atoms with Crippen molar-refractivity contribution in [3.05, 3.63) is 64.7 Å². The monoisotopic (exact) mass is 451 g/mol. The van der Waals surface area contributed by atoms with Crippen LogP contribution in [0, 0.1) is 6.92 Å². The van der Waals surface area contributed by atoms with Crippen molar-refractivity contribution in [3.63, 3.8) is 0 Å². The summed E-state index contributed by atoms with van der Waals surface area (Å²) in [5.74, 6) is -0.480. The molecule has 1 fully saturated rings. The highest BCUT2D eigenvalue weighted by atomic mass is 16.3. The molecule has 2 aromatic carbocycles. The first-order chi connectivity index (χ1) is 15.9. The van der Waals surface area contributed by atoms with Crippen molar-refractivity contribution in [1.29, 1.82) is 0 Å². The topological polar surface area (TPSA) is 90.0 Å². The van der Waals surface area contributed by atoms with Gasteiger partial charge in [-0.3, -0.25) is 19.3 Å². The van der Waals surface area contributed by atoms with E-state index in [1.165, 1.54) is 31.4 Å². The number of carbonyl (C=O) groups excluding carboxylic acids is 3. The van der Waals surface area contributed by atoms with Crippen LogP contribution in [-0.2, 0) is 11.3 Å². The number of aromatic hydroxyl groups is 1. The highest BCUT2D eigenvalue weighted by molar-refractivity contribution is 6.02. The standard InChI is InChI=1S/C26H33N3O4/c1-19-16-22(25(32)27-13-5-15-28-14-4-3-6-20(28)2)9-12-24(19)26(33)29(18-30)17-21-7-10-23(31)11-8-21/h7-12,16,18,20,31H,3-6,13-15,17H2,1-2H3,(H,27,32). The number of nitrogens with zero attached hydrogens (tertiary/aromatic N) is 2. The third-order valence-corrected chi connectivity index (χ3v) is 6.24. The Labute approximate surface area is 195 Å². The van der Waals surface area contributed by atoms with E-state index in [9.17, 15) is 19.5 Å². The molecule has 0 radical (unpaired) electrons. The smallest absolute Gasteiger partial charge is 0.260 e. The van der Waals surface area contributed by atoms with E-state index in [2.05, 4.69) is 17.1 Å². The molecule has 2 aromatic rings. The lowest BCUT2D eigenvalue weighted by atomic mass is 10.0. The predicted molar refractivity (Wildman–Crippen MR) is 127 cm³/mol. The minimum atomic E-state index is -0.432. The number of nitrogens with one attached hydrogen (secondary N) is 1. The molecule has 0 saturated carbocycles. The third kappa shape index (κ3) is 6.65. The van der Waals surface area contributed by atoms with Crippen LogP contribution in [0.5, 0.6) is 5.75 Å². The average molecular weight is 452 g/mol. The number of imide groups is 1. The van der Waals surface area contributed by atoms with E-state index < -0.39 is 5.91 Å². The van der Waals surface area contributed by atoms with Crippen molar-refractivity contribution < 1.29 is 19.5 Å². The second-order valence-corrected chi connectivity index (χ2v) is 8.72. The van der Waals surface area contributed by atoms with Crippen LogP contribution in [0.3, 0.4) is 0 Å². The highest BCUT2D eigenvalue weighted by Gasteiger charge is 2.20. The fraction of sp³-hybridized carbons (Fsp3) is 0.423. The highest BCUT2D eigenvalue weighted by Crippen LogP contribution is 2.18. The molecule has 1 atom stereocenters. The third-order valence-electron chi connectivity index (χ3n) is 6.24. The Morgan fingerprint density at radius 3 is 2.61 bits per heavy atom. The summed E-state index contributed by atoms with van der Waals surface area (Å²) in [5, 5.41) is 12.4. The molecule has 1 saturated heterocycles. The van der Waals surface area contributed by atoms with Crippen LogP contribution in [0.25, 0.3) is 0 Å². The van der Waals surface area contributed by atoms with Gasteiger partial charge in [0, 0.05) is 30.3 Å². The Hall–Kier alpha value is -3.19. The maximum atomic E-state index is 12.9. The first-order valence-electron chi connectivity index (χ1n) is 11.6. The van der Waals surface area contributed by atoms with Gasteiger partial charge in [0.05, 0.1) is 6.54 Å². The Balaban J connectivity index is 1.55. The summed E-state index contributed by atoms with van der Waals surface area (Å²) in [7, 11) is 0. The number of benzene rings is 2. The normalized spacial score (nSPS) is 16.2. The zero-order chi connectivity index (χ0) is 23.8. The molecule has 0 bridgehead atoms. The number of phenolic OH excluding ortho intramolecular Hbond substituents is 1. The number of hydrogen-bond donors (Lipinski definition) is 2. The van der Waals surface area contributed by atoms with Gasteiger partial charge in [0.15, 0.2) is 0 Å². The summed E-state index contributed by atoms with van der Waals surface area (Å²) in [4.78, 5) is 40.5. The molecule has 1 unspecified atom stereocenters. The SMILES string of the molecule is Cc1cc(C(=O)NCCCN2CCCCC2C)ccc1C(=O)N(C=O)Cc1ccc(O)cc1. The van der Waals surface area contributed by atoms with Gasteiger partial charge in [-0.15, -0.1) is 0 Å². The molecule has 0 spiro atoms. The van der Waals surface area contributed by atoms with Gasteiger partial charge in [-0.1, -0.05) is 18.6 Å². The number of piperidine rings is 1. The number of hydrogen-bond acceptors (Lipinski definition) is 5. The van der Waals surface area contributed by atoms with Crippen LogP contribution in [0.15, 0.2) is 42.5 Å². The molecule has 2 N–H and O–H groups in total. The number of rotatable bonds is 9. The van der Waals surface area contributed by atoms with Gasteiger partial charge >= 0.3 is 0 Å². The number of aryl methyl sites for hydroxylation is 1. The molecule has 3 amide bonds. The van der Waals surface area contributed by atoms with Gasteiger partial charge in [-0.2, -0.15) is 0 Å². The maximum absolute atomic E-state index is 12.9. The van der Waals surface area contributed by atoms with Gasteiger partial charge in [0.2, 0.25) is 6.41 Å². The van der Waals surface area contributed by atoms with Crippen LogP contribution in [-0.4, -0.2) is 58.8 Å². The summed E-state index contributed by atoms with van der Waals surface area (Å²) in [6.45, 7) is 6.84. The summed E-state index contributed by atoms with van der Waals surface area (Å²) in [5.41, 5.74) is 2.22. The molecule has 7 heteroatoms. The fourth-order valence-electron chi connectivity index (χ4n) is 4.23. The molecule has 0 aromatic heterocycles. The minimum absolute atomic E-state index is 0.0971. The molecule has 1 heterocycles. The van der Waals surface area contributed by atoms with Crippen molar-refractivity contribution in [2.45, 2.75) is 52.1 Å². The van der Waals surface area contributed by atoms with E-state index in [-0.39, 0.29) is 18.2 Å². The number of amides is 3. The zero-order valence-corrected chi connectivity index (χ0v) is 19.4. The van der Waals surface area contributed by atoms with Gasteiger partial charge in [0.25, 0.3) is 11.8 Å². The lowest BCUT2D eigenvalue weighted by molar-refractivity contribution is -0.116. The van der Waals surface area contributed by atoms with E-state index >= 15 is 0 Å². The fourth-order valence-corrected chi connectivity index (χ4v) is 4.23. The largest absolute Gasteiger partial charge is 0.508 e. The average Bonchev–Trinajstić information content (AvgIpc) is 2.82. The van der Waals surface area contributed by atoms with E-state index in [1.807, 2.05) is 0 Å². The molecule has 176 valence electrons. The molecular formula is C26H33N3O4. The van der Waals surface area contributed by atoms with Crippen LogP contribution in [0.4, 0.5) is 0 Å². The molecule has 0 aliphatic carbocycles. The Morgan fingerprint density at radius 1 is 1.18 bits per heavy atom. The van der Waals surface area contributed by atoms with Crippen molar-refractivity contribution in [3.8, 4) is 5.75 Å². The van der Waals surface area contributed by atoms with Gasteiger partial charge in [-0.25, -0.2) is 0 Å². The molecule has 1 aliphatic rings. The predicted octanol–water partition coefficient (Wildman–Crippen LogP) is 3.49. The minimum Gasteiger partial charge on any atom is -0.508 e. The molecule has 7 nitrogen and oxygen atoms in total. The number of carbonyl (C=O) groups is 3. The van der Waals surface area contributed by atoms with Gasteiger partial charge in [-0.05, 0) is 81.1 Å². The molecule has 1 aliphatic heterocycles. The van der Waals surface area contributed by atoms with E-state index in [4.69, 9.17) is 0 Å². The van der Waals surface area contributed by atoms with Gasteiger partial charge in [0.1, 0.15) is 5.75 Å². The van der Waals surface area contributed by atoms with Crippen molar-refractivity contribution in [2.24, 2.45) is 0 Å². The van der Waals surface area contributed by atoms with E-state index in [0.717, 1.165) is 30.0 Å². The molecule has 33 heavy (non-hydrogen) atoms. The number of phenols is 1. The van der Waals surface area contributed by atoms with Gasteiger partial charge < -0.3 is 15.3 Å².